The van der Waals surface area contributed by atoms with E-state index in [4.69, 9.17) is 4.74 Å². The minimum absolute atomic E-state index is 0.470. The molecule has 0 spiro atoms. The fraction of sp³-hybridized carbons (Fsp3) is 0.529. The third-order valence-electron chi connectivity index (χ3n) is 4.37. The Morgan fingerprint density at radius 3 is 2.80 bits per heavy atom. The molecule has 1 atom stereocenters. The van der Waals surface area contributed by atoms with Gasteiger partial charge in [0.05, 0.1) is 5.69 Å². The molecule has 2 aliphatic rings. The number of carbonyl (C=O) groups is 2. The van der Waals surface area contributed by atoms with E-state index in [1.807, 2.05) is 6.07 Å². The van der Waals surface area contributed by atoms with Gasteiger partial charge in [-0.2, -0.15) is 0 Å². The normalized spacial score (nSPS) is 21.7. The molecule has 25 heavy (non-hydrogen) atoms. The van der Waals surface area contributed by atoms with Gasteiger partial charge in [0.2, 0.25) is 12.1 Å². The number of hydrogen-bond donors (Lipinski definition) is 1. The molecule has 2 aliphatic heterocycles. The first-order valence-electron chi connectivity index (χ1n) is 8.21. The Kier molecular flexibility index (Phi) is 3.93. The molecule has 0 aliphatic carbocycles. The van der Waals surface area contributed by atoms with Gasteiger partial charge in [0, 0.05) is 17.0 Å². The molecule has 0 unspecified atom stereocenters. The Balaban J connectivity index is 2.07. The van der Waals surface area contributed by atoms with Crippen molar-refractivity contribution >= 4 is 17.7 Å². The summed E-state index contributed by atoms with van der Waals surface area (Å²) in [4.78, 5) is 37.7. The Morgan fingerprint density at radius 1 is 1.44 bits per heavy atom. The molecule has 1 aromatic carbocycles. The predicted molar refractivity (Wildman–Crippen MR) is 90.0 cm³/mol. The number of benzene rings is 1. The minimum atomic E-state index is -1.73. The Labute approximate surface area is 145 Å². The van der Waals surface area contributed by atoms with Gasteiger partial charge in [0.25, 0.3) is 5.91 Å². The van der Waals surface area contributed by atoms with Crippen molar-refractivity contribution in [2.45, 2.75) is 44.8 Å². The summed E-state index contributed by atoms with van der Waals surface area (Å²) in [5.74, 6) is -0.475. The summed E-state index contributed by atoms with van der Waals surface area (Å²) in [6.45, 7) is 4.83. The van der Waals surface area contributed by atoms with Crippen molar-refractivity contribution in [2.75, 3.05) is 18.0 Å². The number of nitrogens with one attached hydrogen (secondary N) is 1. The van der Waals surface area contributed by atoms with Gasteiger partial charge >= 0.3 is 6.09 Å². The average Bonchev–Trinajstić information content (AvgIpc) is 2.70. The van der Waals surface area contributed by atoms with Crippen LogP contribution in [0.5, 0.6) is 0 Å². The molecule has 8 heteroatoms. The largest absolute Gasteiger partial charge is 0.444 e. The fourth-order valence-corrected chi connectivity index (χ4v) is 3.53. The number of rotatable bonds is 3. The molecule has 8 nitrogen and oxygen atoms in total. The van der Waals surface area contributed by atoms with E-state index >= 15 is 0 Å². The number of carbonyl (C=O) groups excluding carboxylic acids is 2. The number of anilines is 1. The number of alkyl carbamates (subject to hydrolysis) is 1. The third-order valence-corrected chi connectivity index (χ3v) is 4.37. The van der Waals surface area contributed by atoms with Gasteiger partial charge in [0.15, 0.2) is 0 Å². The molecule has 2 amide bonds. The molecule has 0 fully saturated rings. The first kappa shape index (κ1) is 17.2. The lowest BCUT2D eigenvalue weighted by atomic mass is 9.89. The summed E-state index contributed by atoms with van der Waals surface area (Å²) in [5.41, 5.74) is -0.385. The summed E-state index contributed by atoms with van der Waals surface area (Å²) in [6.07, 6.45) is 0.733. The number of nitro groups is 1. The first-order valence-corrected chi connectivity index (χ1v) is 8.21. The molecule has 1 N–H and O–H groups in total. The van der Waals surface area contributed by atoms with E-state index in [1.165, 1.54) is 0 Å². The second kappa shape index (κ2) is 5.72. The summed E-state index contributed by atoms with van der Waals surface area (Å²) < 4.78 is 5.24. The molecule has 0 saturated carbocycles. The number of para-hydroxylation sites is 1. The monoisotopic (exact) mass is 347 g/mol. The predicted octanol–water partition coefficient (Wildman–Crippen LogP) is 1.98. The van der Waals surface area contributed by atoms with Crippen molar-refractivity contribution in [3.05, 3.63) is 39.4 Å². The van der Waals surface area contributed by atoms with Crippen molar-refractivity contribution in [3.63, 3.8) is 0 Å². The van der Waals surface area contributed by atoms with E-state index in [0.29, 0.717) is 17.8 Å². The van der Waals surface area contributed by atoms with Crippen molar-refractivity contribution in [1.82, 2.24) is 5.32 Å². The topological polar surface area (TPSA) is 102 Å². The molecular formula is C17H21N3O5. The highest BCUT2D eigenvalue weighted by atomic mass is 16.6. The van der Waals surface area contributed by atoms with Crippen LogP contribution in [0, 0.1) is 10.1 Å². The molecule has 0 radical (unpaired) electrons. The molecule has 3 rings (SSSR count). The maximum absolute atomic E-state index is 13.1. The van der Waals surface area contributed by atoms with Crippen LogP contribution >= 0.6 is 0 Å². The van der Waals surface area contributed by atoms with Gasteiger partial charge in [-0.3, -0.25) is 20.2 Å². The zero-order valence-corrected chi connectivity index (χ0v) is 14.5. The molecule has 0 bridgehead atoms. The second-order valence-electron chi connectivity index (χ2n) is 7.40. The van der Waals surface area contributed by atoms with Crippen LogP contribution < -0.4 is 10.2 Å². The SMILES string of the molecule is CC(C)(C)OC(=O)N[C@@]1(C[N+](=O)[O-])C(=O)N2CCCc3cccc1c32. The summed E-state index contributed by atoms with van der Waals surface area (Å²) in [5, 5.41) is 13.8. The average molecular weight is 347 g/mol. The van der Waals surface area contributed by atoms with Gasteiger partial charge in [-0.05, 0) is 39.2 Å². The number of ether oxygens (including phenoxy) is 1. The minimum Gasteiger partial charge on any atom is -0.444 e. The highest BCUT2D eigenvalue weighted by Gasteiger charge is 2.57. The number of aryl methyl sites for hydroxylation is 1. The molecule has 0 saturated heterocycles. The lowest BCUT2D eigenvalue weighted by Gasteiger charge is -2.28. The number of nitrogens with zero attached hydrogens (tertiary/aromatic N) is 2. The third kappa shape index (κ3) is 2.92. The highest BCUT2D eigenvalue weighted by Crippen LogP contribution is 2.45. The number of amides is 2. The summed E-state index contributed by atoms with van der Waals surface area (Å²) in [7, 11) is 0. The van der Waals surface area contributed by atoms with Crippen LogP contribution in [-0.2, 0) is 21.5 Å². The zero-order chi connectivity index (χ0) is 18.4. The smallest absolute Gasteiger partial charge is 0.408 e. The lowest BCUT2D eigenvalue weighted by molar-refractivity contribution is -0.488. The van der Waals surface area contributed by atoms with Gasteiger partial charge in [0.1, 0.15) is 5.60 Å². The molecule has 0 aromatic heterocycles. The van der Waals surface area contributed by atoms with Crippen molar-refractivity contribution in [3.8, 4) is 0 Å². The van der Waals surface area contributed by atoms with E-state index in [1.54, 1.807) is 37.8 Å². The van der Waals surface area contributed by atoms with Crippen molar-refractivity contribution in [2.24, 2.45) is 0 Å². The number of hydrogen-bond acceptors (Lipinski definition) is 5. The molecular weight excluding hydrogens is 326 g/mol. The van der Waals surface area contributed by atoms with E-state index in [2.05, 4.69) is 5.32 Å². The van der Waals surface area contributed by atoms with Crippen LogP contribution in [0.1, 0.15) is 38.3 Å². The Bertz CT molecular complexity index is 755. The van der Waals surface area contributed by atoms with Crippen LogP contribution in [0.2, 0.25) is 0 Å². The van der Waals surface area contributed by atoms with E-state index < -0.39 is 34.6 Å². The van der Waals surface area contributed by atoms with Crippen LogP contribution in [0.3, 0.4) is 0 Å². The van der Waals surface area contributed by atoms with E-state index in [0.717, 1.165) is 18.4 Å². The van der Waals surface area contributed by atoms with Gasteiger partial charge in [-0.15, -0.1) is 0 Å². The Hall–Kier alpha value is -2.64. The van der Waals surface area contributed by atoms with Gasteiger partial charge < -0.3 is 9.64 Å². The summed E-state index contributed by atoms with van der Waals surface area (Å²) in [6, 6.07) is 5.35. The Morgan fingerprint density at radius 2 is 2.16 bits per heavy atom. The summed E-state index contributed by atoms with van der Waals surface area (Å²) >= 11 is 0. The van der Waals surface area contributed by atoms with Crippen LogP contribution in [0.15, 0.2) is 18.2 Å². The molecule has 134 valence electrons. The first-order chi connectivity index (χ1) is 11.6. The van der Waals surface area contributed by atoms with Crippen molar-refractivity contribution in [1.29, 1.82) is 0 Å². The molecule has 1 aromatic rings. The van der Waals surface area contributed by atoms with E-state index in [-0.39, 0.29) is 0 Å². The van der Waals surface area contributed by atoms with E-state index in [9.17, 15) is 19.7 Å². The van der Waals surface area contributed by atoms with Crippen LogP contribution in [-0.4, -0.2) is 35.6 Å². The van der Waals surface area contributed by atoms with Crippen LogP contribution in [0.4, 0.5) is 10.5 Å². The van der Waals surface area contributed by atoms with Crippen molar-refractivity contribution < 1.29 is 19.2 Å². The maximum atomic E-state index is 13.1. The standard InChI is InChI=1S/C17H21N3O5/c1-16(2,3)25-15(22)18-17(10-20(23)24)12-8-4-6-11-7-5-9-19(13(11)12)14(17)21/h4,6,8H,5,7,9-10H2,1-3H3,(H,18,22)/t17-/m1/s1. The van der Waals surface area contributed by atoms with Crippen LogP contribution in [0.25, 0.3) is 0 Å². The zero-order valence-electron chi connectivity index (χ0n) is 14.5. The lowest BCUT2D eigenvalue weighted by Crippen LogP contribution is -2.57. The quantitative estimate of drug-likeness (QED) is 0.665. The highest BCUT2D eigenvalue weighted by molar-refractivity contribution is 6.10. The fourth-order valence-electron chi connectivity index (χ4n) is 3.53. The van der Waals surface area contributed by atoms with Gasteiger partial charge in [-0.1, -0.05) is 18.2 Å². The molecule has 2 heterocycles. The maximum Gasteiger partial charge on any atom is 0.408 e. The second-order valence-corrected chi connectivity index (χ2v) is 7.40. The van der Waals surface area contributed by atoms with Gasteiger partial charge in [-0.25, -0.2) is 4.79 Å².